The molecule has 1 aliphatic heterocycles. The molecule has 1 unspecified atom stereocenters. The zero-order valence-electron chi connectivity index (χ0n) is 13.6. The molecule has 2 rings (SSSR count). The van der Waals surface area contributed by atoms with E-state index in [4.69, 9.17) is 4.74 Å². The molecule has 0 fully saturated rings. The zero-order chi connectivity index (χ0) is 16.1. The van der Waals surface area contributed by atoms with Crippen LogP contribution in [0.4, 0.5) is 0 Å². The summed E-state index contributed by atoms with van der Waals surface area (Å²) in [6.07, 6.45) is 4.04. The summed E-state index contributed by atoms with van der Waals surface area (Å²) in [5.41, 5.74) is 2.99. The number of ether oxygens (including phenoxy) is 1. The van der Waals surface area contributed by atoms with Gasteiger partial charge in [-0.25, -0.2) is 6.08 Å². The monoisotopic (exact) mass is 497 g/mol. The van der Waals surface area contributed by atoms with E-state index in [2.05, 4.69) is 40.5 Å². The van der Waals surface area contributed by atoms with E-state index >= 15 is 0 Å². The third kappa shape index (κ3) is 5.05. The molecule has 0 N–H and O–H groups in total. The van der Waals surface area contributed by atoms with Crippen LogP contribution in [-0.4, -0.2) is 27.9 Å². The molecule has 23 heavy (non-hydrogen) atoms. The summed E-state index contributed by atoms with van der Waals surface area (Å²) < 4.78 is 5.56. The Morgan fingerprint density at radius 3 is 2.83 bits per heavy atom. The Morgan fingerprint density at radius 2 is 2.22 bits per heavy atom. The van der Waals surface area contributed by atoms with Gasteiger partial charge in [-0.05, 0) is 26.0 Å². The fourth-order valence-electron chi connectivity index (χ4n) is 2.39. The average Bonchev–Trinajstić information content (AvgIpc) is 2.51. The molecule has 0 aromatic heterocycles. The van der Waals surface area contributed by atoms with Gasteiger partial charge in [0.05, 0.1) is 3.92 Å². The summed E-state index contributed by atoms with van der Waals surface area (Å²) >= 11 is 2.18. The molecule has 1 aliphatic rings. The second-order valence-electron chi connectivity index (χ2n) is 4.97. The standard InChI is InChI=1S/C18H19INO2.Y/c1-4-6-11-22-14-7-8-15(13(3)12-14)17-10-9-16(19)18(21)20(17)5-2;/h7-8,12,16H,5,9,11H2,1-3H3;/q-1;. The summed E-state index contributed by atoms with van der Waals surface area (Å²) in [5.74, 6) is 6.64. The van der Waals surface area contributed by atoms with Crippen molar-refractivity contribution in [2.45, 2.75) is 31.1 Å². The molecule has 0 bridgehead atoms. The van der Waals surface area contributed by atoms with Crippen molar-refractivity contribution in [3.8, 4) is 17.6 Å². The topological polar surface area (TPSA) is 29.5 Å². The minimum atomic E-state index is -0.0168. The number of hydrogen-bond donors (Lipinski definition) is 0. The maximum Gasteiger partial charge on any atom is 0.235 e. The first kappa shape index (κ1) is 20.7. The normalized spacial score (nSPS) is 16.9. The second kappa shape index (κ2) is 9.81. The molecular formula is C18H19INO2Y-. The van der Waals surface area contributed by atoms with Gasteiger partial charge in [-0.1, -0.05) is 41.9 Å². The molecule has 1 atom stereocenters. The summed E-state index contributed by atoms with van der Waals surface area (Å²) in [6.45, 7) is 6.85. The predicted molar refractivity (Wildman–Crippen MR) is 96.6 cm³/mol. The summed E-state index contributed by atoms with van der Waals surface area (Å²) in [7, 11) is 0. The van der Waals surface area contributed by atoms with Gasteiger partial charge in [-0.15, -0.1) is 28.8 Å². The van der Waals surface area contributed by atoms with Gasteiger partial charge >= 0.3 is 0 Å². The molecule has 0 aliphatic carbocycles. The van der Waals surface area contributed by atoms with E-state index in [9.17, 15) is 4.79 Å². The Morgan fingerprint density at radius 1 is 1.48 bits per heavy atom. The number of hydrogen-bond acceptors (Lipinski definition) is 2. The van der Waals surface area contributed by atoms with Crippen LogP contribution in [0.1, 0.15) is 31.4 Å². The van der Waals surface area contributed by atoms with Crippen molar-refractivity contribution in [3.05, 3.63) is 35.4 Å². The van der Waals surface area contributed by atoms with E-state index < -0.39 is 0 Å². The molecule has 0 saturated heterocycles. The maximum atomic E-state index is 12.3. The Bertz CT molecular complexity index is 661. The van der Waals surface area contributed by atoms with E-state index in [1.165, 1.54) is 0 Å². The van der Waals surface area contributed by atoms with Crippen LogP contribution in [0.25, 0.3) is 5.70 Å². The molecule has 0 spiro atoms. The smallest absolute Gasteiger partial charge is 0.235 e. The van der Waals surface area contributed by atoms with Crippen molar-refractivity contribution in [2.24, 2.45) is 0 Å². The van der Waals surface area contributed by atoms with Gasteiger partial charge in [-0.3, -0.25) is 4.79 Å². The van der Waals surface area contributed by atoms with E-state index in [1.54, 1.807) is 6.92 Å². The van der Waals surface area contributed by atoms with Crippen LogP contribution in [0.3, 0.4) is 0 Å². The Kier molecular flexibility index (Phi) is 8.81. The number of benzene rings is 1. The number of halogens is 1. The third-order valence-electron chi connectivity index (χ3n) is 3.51. The Balaban J connectivity index is 0.00000264. The number of carbonyl (C=O) groups excluding carboxylic acids is 1. The van der Waals surface area contributed by atoms with Gasteiger partial charge in [0.1, 0.15) is 12.4 Å². The number of carbonyl (C=O) groups is 1. The molecule has 1 aromatic carbocycles. The van der Waals surface area contributed by atoms with Crippen LogP contribution in [0, 0.1) is 24.8 Å². The molecule has 5 heteroatoms. The fraction of sp³-hybridized carbons (Fsp3) is 0.389. The van der Waals surface area contributed by atoms with Gasteiger partial charge in [0, 0.05) is 39.3 Å². The Hall–Kier alpha value is -0.376. The van der Waals surface area contributed by atoms with Crippen LogP contribution in [0.5, 0.6) is 5.75 Å². The van der Waals surface area contributed by atoms with Crippen LogP contribution in [-0.2, 0) is 37.5 Å². The number of rotatable bonds is 4. The van der Waals surface area contributed by atoms with Gasteiger partial charge in [0.15, 0.2) is 0 Å². The van der Waals surface area contributed by atoms with E-state index in [0.717, 1.165) is 22.6 Å². The van der Waals surface area contributed by atoms with Crippen molar-refractivity contribution in [2.75, 3.05) is 13.2 Å². The maximum absolute atomic E-state index is 12.3. The first-order valence-corrected chi connectivity index (χ1v) is 8.52. The number of allylic oxidation sites excluding steroid dienone is 1. The van der Waals surface area contributed by atoms with Crippen LogP contribution < -0.4 is 4.74 Å². The van der Waals surface area contributed by atoms with Crippen LogP contribution in [0.15, 0.2) is 18.2 Å². The molecular weight excluding hydrogens is 478 g/mol. The minimum Gasteiger partial charge on any atom is -0.481 e. The molecule has 1 radical (unpaired) electrons. The van der Waals surface area contributed by atoms with Crippen LogP contribution >= 0.6 is 22.6 Å². The van der Waals surface area contributed by atoms with Crippen molar-refractivity contribution in [3.63, 3.8) is 0 Å². The Labute approximate surface area is 177 Å². The zero-order valence-corrected chi connectivity index (χ0v) is 18.6. The summed E-state index contributed by atoms with van der Waals surface area (Å²) in [4.78, 5) is 14.1. The molecule has 0 saturated carbocycles. The number of amides is 1. The SMILES string of the molecule is CC#CCOc1ccc(C2=[C-]CC(I)C(=O)N2CC)c(C)c1.[Y]. The molecule has 1 amide bonds. The molecule has 3 nitrogen and oxygen atoms in total. The van der Waals surface area contributed by atoms with Crippen molar-refractivity contribution in [1.29, 1.82) is 0 Å². The first-order chi connectivity index (χ1) is 10.6. The third-order valence-corrected chi connectivity index (χ3v) is 4.48. The van der Waals surface area contributed by atoms with Gasteiger partial charge < -0.3 is 9.64 Å². The van der Waals surface area contributed by atoms with Gasteiger partial charge in [0.25, 0.3) is 0 Å². The predicted octanol–water partition coefficient (Wildman–Crippen LogP) is 3.59. The van der Waals surface area contributed by atoms with E-state index in [1.807, 2.05) is 36.9 Å². The molecule has 1 aromatic rings. The fourth-order valence-corrected chi connectivity index (χ4v) is 2.94. The van der Waals surface area contributed by atoms with E-state index in [-0.39, 0.29) is 42.5 Å². The summed E-state index contributed by atoms with van der Waals surface area (Å²) in [6, 6.07) is 5.90. The quantitative estimate of drug-likeness (QED) is 0.276. The number of alkyl halides is 1. The second-order valence-corrected chi connectivity index (χ2v) is 6.48. The minimum absolute atomic E-state index is 0. The average molecular weight is 497 g/mol. The largest absolute Gasteiger partial charge is 0.481 e. The van der Waals surface area contributed by atoms with Crippen molar-refractivity contribution >= 4 is 34.2 Å². The van der Waals surface area contributed by atoms with Gasteiger partial charge in [0.2, 0.25) is 5.91 Å². The van der Waals surface area contributed by atoms with Gasteiger partial charge in [-0.2, -0.15) is 0 Å². The molecule has 1 heterocycles. The van der Waals surface area contributed by atoms with E-state index in [0.29, 0.717) is 19.6 Å². The van der Waals surface area contributed by atoms with Crippen LogP contribution in [0.2, 0.25) is 0 Å². The van der Waals surface area contributed by atoms with Crippen molar-refractivity contribution in [1.82, 2.24) is 4.90 Å². The molecule has 119 valence electrons. The first-order valence-electron chi connectivity index (χ1n) is 7.28. The number of aryl methyl sites for hydroxylation is 1. The van der Waals surface area contributed by atoms with Crippen molar-refractivity contribution < 1.29 is 42.2 Å². The number of nitrogens with zero attached hydrogens (tertiary/aromatic N) is 1. The summed E-state index contributed by atoms with van der Waals surface area (Å²) in [5, 5.41) is 0.